The van der Waals surface area contributed by atoms with Crippen LogP contribution in [-0.4, -0.2) is 20.4 Å². The first kappa shape index (κ1) is 8.43. The van der Waals surface area contributed by atoms with E-state index in [4.69, 9.17) is 11.1 Å². The molecular weight excluding hydrogens is 178 g/mol. The maximum absolute atomic E-state index is 7.38. The Morgan fingerprint density at radius 1 is 1.43 bits per heavy atom. The molecule has 2 rings (SSSR count). The number of nitrogens with zero attached hydrogens (tertiary/aromatic N) is 3. The molecule has 0 saturated heterocycles. The van der Waals surface area contributed by atoms with Crippen LogP contribution < -0.4 is 5.73 Å². The quantitative estimate of drug-likeness (QED) is 0.532. The monoisotopic (exact) mass is 187 g/mol. The molecule has 2 aromatic heterocycles. The molecule has 0 aromatic carbocycles. The number of aromatic nitrogens is 3. The third kappa shape index (κ3) is 1.35. The van der Waals surface area contributed by atoms with E-state index in [-0.39, 0.29) is 5.84 Å². The molecule has 0 amide bonds. The molecule has 5 heteroatoms. The van der Waals surface area contributed by atoms with E-state index in [1.165, 1.54) is 0 Å². The summed E-state index contributed by atoms with van der Waals surface area (Å²) in [5, 5.41) is 7.38. The Balaban J connectivity index is 2.58. The summed E-state index contributed by atoms with van der Waals surface area (Å²) in [5.41, 5.74) is 6.03. The molecule has 3 N–H and O–H groups in total. The molecule has 0 aliphatic heterocycles. The Kier molecular flexibility index (Phi) is 1.98. The van der Waals surface area contributed by atoms with Gasteiger partial charge in [0.1, 0.15) is 18.0 Å². The largest absolute Gasteiger partial charge is 0.384 e. The third-order valence-electron chi connectivity index (χ3n) is 1.83. The summed E-state index contributed by atoms with van der Waals surface area (Å²) in [6, 6.07) is 3.50. The molecule has 0 saturated carbocycles. The molecule has 70 valence electrons. The lowest BCUT2D eigenvalue weighted by atomic mass is 10.2. The van der Waals surface area contributed by atoms with E-state index in [2.05, 4.69) is 9.97 Å². The zero-order chi connectivity index (χ0) is 9.97. The summed E-state index contributed by atoms with van der Waals surface area (Å²) >= 11 is 0. The van der Waals surface area contributed by atoms with E-state index in [0.29, 0.717) is 11.4 Å². The van der Waals surface area contributed by atoms with Crippen molar-refractivity contribution < 1.29 is 0 Å². The number of rotatable bonds is 2. The summed E-state index contributed by atoms with van der Waals surface area (Å²) in [6.07, 6.45) is 6.68. The summed E-state index contributed by atoms with van der Waals surface area (Å²) in [7, 11) is 0. The Hall–Kier alpha value is -2.17. The lowest BCUT2D eigenvalue weighted by molar-refractivity contribution is 0.987. The van der Waals surface area contributed by atoms with E-state index in [1.807, 2.05) is 0 Å². The van der Waals surface area contributed by atoms with Crippen LogP contribution in [0.2, 0.25) is 0 Å². The van der Waals surface area contributed by atoms with Gasteiger partial charge in [0.2, 0.25) is 0 Å². The number of amidine groups is 1. The van der Waals surface area contributed by atoms with Crippen LogP contribution >= 0.6 is 0 Å². The maximum atomic E-state index is 7.38. The fourth-order valence-corrected chi connectivity index (χ4v) is 1.20. The molecule has 2 heterocycles. The van der Waals surface area contributed by atoms with Gasteiger partial charge in [-0.15, -0.1) is 0 Å². The van der Waals surface area contributed by atoms with Gasteiger partial charge in [0, 0.05) is 18.6 Å². The topological polar surface area (TPSA) is 80.6 Å². The Labute approximate surface area is 80.7 Å². The van der Waals surface area contributed by atoms with Gasteiger partial charge < -0.3 is 5.73 Å². The van der Waals surface area contributed by atoms with Crippen molar-refractivity contribution in [1.29, 1.82) is 5.41 Å². The van der Waals surface area contributed by atoms with Crippen LogP contribution in [0.3, 0.4) is 0 Å². The normalized spacial score (nSPS) is 10.0. The van der Waals surface area contributed by atoms with E-state index >= 15 is 0 Å². The number of pyridine rings is 1. The molecule has 2 aromatic rings. The van der Waals surface area contributed by atoms with Gasteiger partial charge in [-0.25, -0.2) is 9.97 Å². The van der Waals surface area contributed by atoms with Crippen molar-refractivity contribution in [3.8, 4) is 5.82 Å². The number of nitrogens with one attached hydrogen (secondary N) is 1. The SMILES string of the molecule is N=C(N)c1cccnc1-n1ccnc1. The Bertz CT molecular complexity index is 446. The number of nitrogens with two attached hydrogens (primary N) is 1. The van der Waals surface area contributed by atoms with E-state index in [0.717, 1.165) is 0 Å². The van der Waals surface area contributed by atoms with Gasteiger partial charge in [0.05, 0.1) is 5.56 Å². The van der Waals surface area contributed by atoms with Crippen molar-refractivity contribution in [1.82, 2.24) is 14.5 Å². The highest BCUT2D eigenvalue weighted by molar-refractivity contribution is 5.97. The molecular formula is C9H9N5. The molecule has 14 heavy (non-hydrogen) atoms. The van der Waals surface area contributed by atoms with Crippen molar-refractivity contribution in [3.63, 3.8) is 0 Å². The average Bonchev–Trinajstić information content (AvgIpc) is 2.70. The molecule has 0 fully saturated rings. The number of hydrogen-bond acceptors (Lipinski definition) is 3. The van der Waals surface area contributed by atoms with Gasteiger partial charge in [-0.05, 0) is 12.1 Å². The number of nitrogen functional groups attached to an aromatic ring is 1. The van der Waals surface area contributed by atoms with Crippen LogP contribution in [0.4, 0.5) is 0 Å². The van der Waals surface area contributed by atoms with Gasteiger partial charge in [0.25, 0.3) is 0 Å². The predicted molar refractivity (Wildman–Crippen MR) is 52.4 cm³/mol. The van der Waals surface area contributed by atoms with Crippen LogP contribution in [0.15, 0.2) is 37.1 Å². The lowest BCUT2D eigenvalue weighted by Crippen LogP contribution is -2.15. The van der Waals surface area contributed by atoms with Gasteiger partial charge in [-0.3, -0.25) is 9.98 Å². The van der Waals surface area contributed by atoms with Gasteiger partial charge >= 0.3 is 0 Å². The standard InChI is InChI=1S/C9H9N5/c10-8(11)7-2-1-3-13-9(7)14-5-4-12-6-14/h1-6H,(H3,10,11). The first-order valence-corrected chi connectivity index (χ1v) is 4.07. The highest BCUT2D eigenvalue weighted by atomic mass is 15.1. The molecule has 0 radical (unpaired) electrons. The predicted octanol–water partition coefficient (Wildman–Crippen LogP) is 0.551. The first-order chi connectivity index (χ1) is 6.79. The fourth-order valence-electron chi connectivity index (χ4n) is 1.20. The third-order valence-corrected chi connectivity index (χ3v) is 1.83. The lowest BCUT2D eigenvalue weighted by Gasteiger charge is -2.06. The van der Waals surface area contributed by atoms with E-state index in [1.54, 1.807) is 41.6 Å². The minimum absolute atomic E-state index is 0.00167. The second kappa shape index (κ2) is 3.29. The van der Waals surface area contributed by atoms with Crippen molar-refractivity contribution in [3.05, 3.63) is 42.6 Å². The van der Waals surface area contributed by atoms with Gasteiger partial charge in [-0.1, -0.05) is 0 Å². The first-order valence-electron chi connectivity index (χ1n) is 4.07. The van der Waals surface area contributed by atoms with Crippen molar-refractivity contribution in [2.45, 2.75) is 0 Å². The highest BCUT2D eigenvalue weighted by Gasteiger charge is 2.06. The molecule has 0 aliphatic carbocycles. The van der Waals surface area contributed by atoms with Crippen molar-refractivity contribution in [2.24, 2.45) is 5.73 Å². The molecule has 5 nitrogen and oxygen atoms in total. The Morgan fingerprint density at radius 2 is 2.29 bits per heavy atom. The summed E-state index contributed by atoms with van der Waals surface area (Å²) < 4.78 is 1.72. The fraction of sp³-hybridized carbons (Fsp3) is 0. The molecule has 0 bridgehead atoms. The van der Waals surface area contributed by atoms with E-state index < -0.39 is 0 Å². The molecule has 0 spiro atoms. The second-order valence-electron chi connectivity index (χ2n) is 2.76. The number of imidazole rings is 1. The molecule has 0 aliphatic rings. The van der Waals surface area contributed by atoms with Crippen LogP contribution in [0.25, 0.3) is 5.82 Å². The zero-order valence-corrected chi connectivity index (χ0v) is 7.38. The zero-order valence-electron chi connectivity index (χ0n) is 7.38. The second-order valence-corrected chi connectivity index (χ2v) is 2.76. The molecule has 0 atom stereocenters. The van der Waals surface area contributed by atoms with Crippen molar-refractivity contribution >= 4 is 5.84 Å². The van der Waals surface area contributed by atoms with E-state index in [9.17, 15) is 0 Å². The van der Waals surface area contributed by atoms with Crippen LogP contribution in [-0.2, 0) is 0 Å². The minimum Gasteiger partial charge on any atom is -0.384 e. The van der Waals surface area contributed by atoms with Crippen LogP contribution in [0.1, 0.15) is 5.56 Å². The maximum Gasteiger partial charge on any atom is 0.148 e. The van der Waals surface area contributed by atoms with Gasteiger partial charge in [0.15, 0.2) is 0 Å². The average molecular weight is 187 g/mol. The highest BCUT2D eigenvalue weighted by Crippen LogP contribution is 2.09. The van der Waals surface area contributed by atoms with Crippen LogP contribution in [0, 0.1) is 5.41 Å². The van der Waals surface area contributed by atoms with Crippen LogP contribution in [0.5, 0.6) is 0 Å². The smallest absolute Gasteiger partial charge is 0.148 e. The molecule has 0 unspecified atom stereocenters. The minimum atomic E-state index is 0.00167. The van der Waals surface area contributed by atoms with Gasteiger partial charge in [-0.2, -0.15) is 0 Å². The summed E-state index contributed by atoms with van der Waals surface area (Å²) in [5.74, 6) is 0.624. The summed E-state index contributed by atoms with van der Waals surface area (Å²) in [6.45, 7) is 0. The summed E-state index contributed by atoms with van der Waals surface area (Å²) in [4.78, 5) is 8.06. The Morgan fingerprint density at radius 3 is 2.93 bits per heavy atom. The number of hydrogen-bond donors (Lipinski definition) is 2. The van der Waals surface area contributed by atoms with Crippen molar-refractivity contribution in [2.75, 3.05) is 0 Å².